The first-order chi connectivity index (χ1) is 11.9. The highest BCUT2D eigenvalue weighted by Gasteiger charge is 2.60. The minimum atomic E-state index is -0.707. The predicted molar refractivity (Wildman–Crippen MR) is 95.7 cm³/mol. The molecule has 1 spiro atoms. The number of nitrogens with two attached hydrogens (primary N) is 1. The lowest BCUT2D eigenvalue weighted by molar-refractivity contribution is -0.167. The predicted octanol–water partition coefficient (Wildman–Crippen LogP) is 2.06. The van der Waals surface area contributed by atoms with Crippen molar-refractivity contribution in [3.63, 3.8) is 0 Å². The fourth-order valence-corrected chi connectivity index (χ4v) is 5.02. The average Bonchev–Trinajstić information content (AvgIpc) is 2.82. The zero-order chi connectivity index (χ0) is 18.1. The maximum atomic E-state index is 13.2. The topological polar surface area (TPSA) is 84.7 Å². The van der Waals surface area contributed by atoms with E-state index in [9.17, 15) is 9.59 Å². The van der Waals surface area contributed by atoms with Crippen LogP contribution >= 0.6 is 0 Å². The number of amides is 2. The molecule has 1 aliphatic heterocycles. The van der Waals surface area contributed by atoms with Gasteiger partial charge in [-0.2, -0.15) is 0 Å². The van der Waals surface area contributed by atoms with Crippen molar-refractivity contribution in [2.75, 3.05) is 6.54 Å². The lowest BCUT2D eigenvalue weighted by atomic mass is 9.89. The number of nitrogens with one attached hydrogen (secondary N) is 1. The molecule has 1 saturated heterocycles. The van der Waals surface area contributed by atoms with Crippen molar-refractivity contribution < 1.29 is 14.3 Å². The van der Waals surface area contributed by atoms with Gasteiger partial charge < -0.3 is 15.8 Å². The number of rotatable bonds is 3. The number of carbonyl (C=O) groups excluding carboxylic acids is 2. The van der Waals surface area contributed by atoms with E-state index < -0.39 is 17.4 Å². The van der Waals surface area contributed by atoms with Gasteiger partial charge >= 0.3 is 0 Å². The fourth-order valence-electron chi connectivity index (χ4n) is 5.02. The third-order valence-corrected chi connectivity index (χ3v) is 6.09. The van der Waals surface area contributed by atoms with Crippen LogP contribution in [0.2, 0.25) is 0 Å². The van der Waals surface area contributed by atoms with Gasteiger partial charge in [-0.05, 0) is 52.4 Å². The van der Waals surface area contributed by atoms with E-state index in [4.69, 9.17) is 10.5 Å². The summed E-state index contributed by atoms with van der Waals surface area (Å²) in [7, 11) is 0. The van der Waals surface area contributed by atoms with Gasteiger partial charge in [-0.15, -0.1) is 0 Å². The lowest BCUT2D eigenvalue weighted by Gasteiger charge is -2.41. The van der Waals surface area contributed by atoms with E-state index in [-0.39, 0.29) is 24.4 Å². The first-order valence-corrected chi connectivity index (χ1v) is 9.92. The minimum absolute atomic E-state index is 0.0823. The highest BCUT2D eigenvalue weighted by molar-refractivity contribution is 5.90. The number of hydrogen-bond acceptors (Lipinski definition) is 4. The zero-order valence-electron chi connectivity index (χ0n) is 15.7. The molecule has 3 fully saturated rings. The van der Waals surface area contributed by atoms with Crippen molar-refractivity contribution in [1.82, 2.24) is 10.2 Å². The molecule has 0 unspecified atom stereocenters. The molecule has 142 valence electrons. The first kappa shape index (κ1) is 18.6. The van der Waals surface area contributed by atoms with Gasteiger partial charge in [-0.1, -0.05) is 25.7 Å². The van der Waals surface area contributed by atoms with Crippen molar-refractivity contribution in [2.24, 2.45) is 5.73 Å². The summed E-state index contributed by atoms with van der Waals surface area (Å²) in [5, 5.41) is 3.19. The van der Waals surface area contributed by atoms with Crippen LogP contribution in [-0.4, -0.2) is 46.7 Å². The van der Waals surface area contributed by atoms with Gasteiger partial charge in [0.2, 0.25) is 11.8 Å². The van der Waals surface area contributed by atoms with E-state index in [1.165, 1.54) is 6.42 Å². The molecule has 0 aromatic carbocycles. The molecule has 0 radical (unpaired) electrons. The smallest absolute Gasteiger partial charge is 0.246 e. The van der Waals surface area contributed by atoms with Crippen LogP contribution in [0.3, 0.4) is 0 Å². The number of hydrogen-bond donors (Lipinski definition) is 2. The normalized spacial score (nSPS) is 28.9. The fraction of sp³-hybridized carbons (Fsp3) is 0.895. The summed E-state index contributed by atoms with van der Waals surface area (Å²) in [4.78, 5) is 27.6. The van der Waals surface area contributed by atoms with Crippen LogP contribution in [0, 0.1) is 0 Å². The van der Waals surface area contributed by atoms with E-state index in [1.807, 2.05) is 13.8 Å². The summed E-state index contributed by atoms with van der Waals surface area (Å²) in [5.74, 6) is -0.266. The largest absolute Gasteiger partial charge is 0.351 e. The summed E-state index contributed by atoms with van der Waals surface area (Å²) in [6.07, 6.45) is 10.4. The maximum absolute atomic E-state index is 13.2. The standard InChI is InChI=1S/C19H33N3O3/c1-18(2)16(17(24)21-14-9-5-3-6-10-14)22(15(23)13-20)19(25-18)11-7-4-8-12-19/h14,16H,3-13,20H2,1-2H3,(H,21,24)/t16-/m1/s1. The molecule has 0 bridgehead atoms. The molecule has 25 heavy (non-hydrogen) atoms. The van der Waals surface area contributed by atoms with Crippen molar-refractivity contribution in [1.29, 1.82) is 0 Å². The Labute approximate surface area is 150 Å². The molecule has 3 N–H and O–H groups in total. The van der Waals surface area contributed by atoms with Gasteiger partial charge in [0.15, 0.2) is 0 Å². The summed E-state index contributed by atoms with van der Waals surface area (Å²) in [6.45, 7) is 3.77. The van der Waals surface area contributed by atoms with Crippen LogP contribution in [0.25, 0.3) is 0 Å². The summed E-state index contributed by atoms with van der Waals surface area (Å²) in [6, 6.07) is -0.390. The zero-order valence-corrected chi connectivity index (χ0v) is 15.7. The average molecular weight is 351 g/mol. The highest BCUT2D eigenvalue weighted by atomic mass is 16.6. The minimum Gasteiger partial charge on any atom is -0.351 e. The lowest BCUT2D eigenvalue weighted by Crippen LogP contribution is -2.60. The Morgan fingerprint density at radius 3 is 2.28 bits per heavy atom. The molecule has 2 saturated carbocycles. The van der Waals surface area contributed by atoms with Gasteiger partial charge in [-0.3, -0.25) is 14.5 Å². The summed E-state index contributed by atoms with van der Waals surface area (Å²) < 4.78 is 6.42. The summed E-state index contributed by atoms with van der Waals surface area (Å²) in [5.41, 5.74) is 4.33. The molecule has 1 heterocycles. The maximum Gasteiger partial charge on any atom is 0.246 e. The molecular formula is C19H33N3O3. The Hall–Kier alpha value is -1.14. The van der Waals surface area contributed by atoms with Crippen molar-refractivity contribution in [2.45, 2.75) is 101 Å². The van der Waals surface area contributed by atoms with E-state index in [1.54, 1.807) is 4.90 Å². The number of ether oxygens (including phenoxy) is 1. The molecule has 3 rings (SSSR count). The van der Waals surface area contributed by atoms with Gasteiger partial charge in [0.25, 0.3) is 0 Å². The van der Waals surface area contributed by atoms with Crippen LogP contribution in [0.5, 0.6) is 0 Å². The Morgan fingerprint density at radius 1 is 1.08 bits per heavy atom. The van der Waals surface area contributed by atoms with E-state index in [0.717, 1.165) is 57.8 Å². The van der Waals surface area contributed by atoms with Crippen LogP contribution in [0.4, 0.5) is 0 Å². The Bertz CT molecular complexity index is 508. The monoisotopic (exact) mass is 351 g/mol. The molecule has 0 aromatic rings. The Morgan fingerprint density at radius 2 is 1.68 bits per heavy atom. The number of nitrogens with zero attached hydrogens (tertiary/aromatic N) is 1. The van der Waals surface area contributed by atoms with Crippen molar-refractivity contribution >= 4 is 11.8 Å². The Balaban J connectivity index is 1.85. The van der Waals surface area contributed by atoms with Crippen LogP contribution in [0.1, 0.15) is 78.1 Å². The van der Waals surface area contributed by atoms with Crippen LogP contribution in [0.15, 0.2) is 0 Å². The van der Waals surface area contributed by atoms with E-state index in [2.05, 4.69) is 5.32 Å². The second-order valence-electron chi connectivity index (χ2n) is 8.43. The molecule has 1 atom stereocenters. The van der Waals surface area contributed by atoms with E-state index >= 15 is 0 Å². The third-order valence-electron chi connectivity index (χ3n) is 6.09. The van der Waals surface area contributed by atoms with Gasteiger partial charge in [0.1, 0.15) is 11.8 Å². The molecule has 2 amide bonds. The van der Waals surface area contributed by atoms with Gasteiger partial charge in [0.05, 0.1) is 12.1 Å². The number of carbonyl (C=O) groups is 2. The van der Waals surface area contributed by atoms with Crippen molar-refractivity contribution in [3.8, 4) is 0 Å². The van der Waals surface area contributed by atoms with Gasteiger partial charge in [0, 0.05) is 6.04 Å². The Kier molecular flexibility index (Phi) is 5.40. The van der Waals surface area contributed by atoms with Crippen molar-refractivity contribution in [3.05, 3.63) is 0 Å². The second-order valence-corrected chi connectivity index (χ2v) is 8.43. The molecular weight excluding hydrogens is 318 g/mol. The van der Waals surface area contributed by atoms with Gasteiger partial charge in [-0.25, -0.2) is 0 Å². The summed E-state index contributed by atoms with van der Waals surface area (Å²) >= 11 is 0. The molecule has 6 nitrogen and oxygen atoms in total. The van der Waals surface area contributed by atoms with Crippen LogP contribution in [-0.2, 0) is 14.3 Å². The first-order valence-electron chi connectivity index (χ1n) is 9.92. The van der Waals surface area contributed by atoms with E-state index in [0.29, 0.717) is 0 Å². The highest BCUT2D eigenvalue weighted by Crippen LogP contribution is 2.47. The quantitative estimate of drug-likeness (QED) is 0.815. The molecule has 2 aliphatic carbocycles. The van der Waals surface area contributed by atoms with Crippen LogP contribution < -0.4 is 11.1 Å². The molecule has 6 heteroatoms. The molecule has 3 aliphatic rings. The third kappa shape index (κ3) is 3.56. The molecule has 0 aromatic heterocycles. The second kappa shape index (κ2) is 7.23. The SMILES string of the molecule is CC1(C)OC2(CCCCC2)N(C(=O)CN)[C@@H]1C(=O)NC1CCCCC1.